The molecule has 3 aromatic rings. The van der Waals surface area contributed by atoms with Crippen LogP contribution in [0.1, 0.15) is 39.6 Å². The molecule has 1 aliphatic heterocycles. The van der Waals surface area contributed by atoms with Crippen molar-refractivity contribution in [3.8, 4) is 0 Å². The van der Waals surface area contributed by atoms with E-state index in [4.69, 9.17) is 5.11 Å². The second-order valence-electron chi connectivity index (χ2n) is 6.61. The number of aromatic nitrogens is 2. The van der Waals surface area contributed by atoms with Gasteiger partial charge in [0.1, 0.15) is 5.65 Å². The SMILES string of the molecule is O=C(O)c1csc(CC(=O)N2CCCC(c3c[nH]c4ncccc34)C2)c1. The van der Waals surface area contributed by atoms with E-state index < -0.39 is 5.97 Å². The zero-order valence-electron chi connectivity index (χ0n) is 14.1. The number of hydrogen-bond donors (Lipinski definition) is 2. The van der Waals surface area contributed by atoms with Crippen molar-refractivity contribution in [2.75, 3.05) is 13.1 Å². The zero-order valence-corrected chi connectivity index (χ0v) is 15.0. The van der Waals surface area contributed by atoms with E-state index in [-0.39, 0.29) is 17.9 Å². The van der Waals surface area contributed by atoms with E-state index in [1.165, 1.54) is 16.9 Å². The van der Waals surface area contributed by atoms with Crippen LogP contribution < -0.4 is 0 Å². The van der Waals surface area contributed by atoms with Crippen molar-refractivity contribution < 1.29 is 14.7 Å². The van der Waals surface area contributed by atoms with Gasteiger partial charge in [-0.05, 0) is 36.6 Å². The van der Waals surface area contributed by atoms with Gasteiger partial charge in [-0.15, -0.1) is 11.3 Å². The molecule has 134 valence electrons. The number of carbonyl (C=O) groups is 2. The molecule has 1 saturated heterocycles. The number of carboxylic acids is 1. The number of H-pyrrole nitrogens is 1. The van der Waals surface area contributed by atoms with Crippen LogP contribution >= 0.6 is 11.3 Å². The number of amides is 1. The highest BCUT2D eigenvalue weighted by Gasteiger charge is 2.26. The Morgan fingerprint density at radius 2 is 2.31 bits per heavy atom. The molecule has 0 radical (unpaired) electrons. The van der Waals surface area contributed by atoms with Gasteiger partial charge in [-0.3, -0.25) is 4.79 Å². The van der Waals surface area contributed by atoms with Crippen molar-refractivity contribution in [1.29, 1.82) is 0 Å². The molecule has 1 aliphatic rings. The van der Waals surface area contributed by atoms with Crippen LogP contribution in [0.2, 0.25) is 0 Å². The fraction of sp³-hybridized carbons (Fsp3) is 0.316. The molecule has 0 bridgehead atoms. The van der Waals surface area contributed by atoms with Crippen LogP contribution in [0.3, 0.4) is 0 Å². The Morgan fingerprint density at radius 3 is 3.12 bits per heavy atom. The fourth-order valence-electron chi connectivity index (χ4n) is 3.62. The largest absolute Gasteiger partial charge is 0.478 e. The van der Waals surface area contributed by atoms with Gasteiger partial charge in [0.2, 0.25) is 5.91 Å². The first-order chi connectivity index (χ1) is 12.6. The number of rotatable bonds is 4. The number of likely N-dealkylation sites (tertiary alicyclic amines) is 1. The van der Waals surface area contributed by atoms with E-state index in [0.29, 0.717) is 12.5 Å². The van der Waals surface area contributed by atoms with Crippen molar-refractivity contribution >= 4 is 34.2 Å². The highest BCUT2D eigenvalue weighted by molar-refractivity contribution is 7.10. The molecule has 4 heterocycles. The lowest BCUT2D eigenvalue weighted by Gasteiger charge is -2.32. The van der Waals surface area contributed by atoms with Crippen molar-refractivity contribution in [2.45, 2.75) is 25.2 Å². The van der Waals surface area contributed by atoms with E-state index in [1.54, 1.807) is 17.6 Å². The van der Waals surface area contributed by atoms with Crippen molar-refractivity contribution in [2.24, 2.45) is 0 Å². The Balaban J connectivity index is 1.47. The van der Waals surface area contributed by atoms with Crippen molar-refractivity contribution in [1.82, 2.24) is 14.9 Å². The average Bonchev–Trinajstić information content (AvgIpc) is 3.29. The molecule has 6 nitrogen and oxygen atoms in total. The molecule has 26 heavy (non-hydrogen) atoms. The van der Waals surface area contributed by atoms with Gasteiger partial charge in [-0.2, -0.15) is 0 Å². The lowest BCUT2D eigenvalue weighted by Crippen LogP contribution is -2.39. The predicted molar refractivity (Wildman–Crippen MR) is 99.6 cm³/mol. The average molecular weight is 369 g/mol. The fourth-order valence-corrected chi connectivity index (χ4v) is 4.47. The lowest BCUT2D eigenvalue weighted by atomic mass is 9.90. The lowest BCUT2D eigenvalue weighted by molar-refractivity contribution is -0.131. The molecule has 4 rings (SSSR count). The Labute approximate surface area is 154 Å². The molecule has 3 aromatic heterocycles. The molecule has 1 atom stereocenters. The summed E-state index contributed by atoms with van der Waals surface area (Å²) in [5.41, 5.74) is 2.35. The zero-order chi connectivity index (χ0) is 18.1. The third-order valence-corrected chi connectivity index (χ3v) is 5.86. The number of hydrogen-bond acceptors (Lipinski definition) is 4. The molecule has 7 heteroatoms. The van der Waals surface area contributed by atoms with Crippen LogP contribution in [0.15, 0.2) is 36.0 Å². The number of piperidine rings is 1. The third-order valence-electron chi connectivity index (χ3n) is 4.92. The minimum atomic E-state index is -0.953. The third kappa shape index (κ3) is 3.22. The first-order valence-electron chi connectivity index (χ1n) is 8.62. The summed E-state index contributed by atoms with van der Waals surface area (Å²) >= 11 is 1.33. The predicted octanol–water partition coefficient (Wildman–Crippen LogP) is 3.27. The molecule has 0 aromatic carbocycles. The van der Waals surface area contributed by atoms with Gasteiger partial charge in [-0.1, -0.05) is 0 Å². The second kappa shape index (κ2) is 6.92. The monoisotopic (exact) mass is 369 g/mol. The standard InChI is InChI=1S/C19H19N3O3S/c23-17(8-14-7-13(11-26-14)19(24)25)22-6-2-3-12(10-22)16-9-21-18-15(16)4-1-5-20-18/h1,4-5,7,9,11-12H,2-3,6,8,10H2,(H,20,21)(H,24,25). The Morgan fingerprint density at radius 1 is 1.42 bits per heavy atom. The molecule has 0 saturated carbocycles. The number of fused-ring (bicyclic) bond motifs is 1. The summed E-state index contributed by atoms with van der Waals surface area (Å²) in [7, 11) is 0. The van der Waals surface area contributed by atoms with Crippen LogP contribution in [0.25, 0.3) is 11.0 Å². The summed E-state index contributed by atoms with van der Waals surface area (Å²) in [6.07, 6.45) is 6.06. The summed E-state index contributed by atoms with van der Waals surface area (Å²) < 4.78 is 0. The summed E-state index contributed by atoms with van der Waals surface area (Å²) in [6.45, 7) is 1.45. The summed E-state index contributed by atoms with van der Waals surface area (Å²) in [6, 6.07) is 5.59. The molecule has 1 unspecified atom stereocenters. The quantitative estimate of drug-likeness (QED) is 0.739. The maximum Gasteiger partial charge on any atom is 0.336 e. The molecular weight excluding hydrogens is 350 g/mol. The van der Waals surface area contributed by atoms with Gasteiger partial charge < -0.3 is 15.0 Å². The summed E-state index contributed by atoms with van der Waals surface area (Å²) in [5.74, 6) is -0.596. The highest BCUT2D eigenvalue weighted by Crippen LogP contribution is 2.32. The highest BCUT2D eigenvalue weighted by atomic mass is 32.1. The maximum atomic E-state index is 12.7. The maximum absolute atomic E-state index is 12.7. The minimum Gasteiger partial charge on any atom is -0.478 e. The van der Waals surface area contributed by atoms with Gasteiger partial charge in [0.15, 0.2) is 0 Å². The van der Waals surface area contributed by atoms with Gasteiger partial charge in [0.25, 0.3) is 0 Å². The minimum absolute atomic E-state index is 0.0615. The van der Waals surface area contributed by atoms with Gasteiger partial charge in [0, 0.05) is 47.0 Å². The number of nitrogens with one attached hydrogen (secondary N) is 1. The van der Waals surface area contributed by atoms with E-state index in [0.717, 1.165) is 35.3 Å². The van der Waals surface area contributed by atoms with E-state index in [1.807, 2.05) is 17.2 Å². The van der Waals surface area contributed by atoms with Crippen molar-refractivity contribution in [3.05, 3.63) is 52.0 Å². The van der Waals surface area contributed by atoms with Crippen LogP contribution in [0.5, 0.6) is 0 Å². The Hall–Kier alpha value is -2.67. The van der Waals surface area contributed by atoms with Crippen LogP contribution in [-0.2, 0) is 11.2 Å². The van der Waals surface area contributed by atoms with Crippen LogP contribution in [-0.4, -0.2) is 44.9 Å². The molecular formula is C19H19N3O3S. The van der Waals surface area contributed by atoms with Gasteiger partial charge in [0.05, 0.1) is 12.0 Å². The smallest absolute Gasteiger partial charge is 0.336 e. The molecule has 0 spiro atoms. The van der Waals surface area contributed by atoms with E-state index >= 15 is 0 Å². The number of thiophene rings is 1. The molecule has 0 aliphatic carbocycles. The van der Waals surface area contributed by atoms with Crippen molar-refractivity contribution in [3.63, 3.8) is 0 Å². The van der Waals surface area contributed by atoms with Gasteiger partial charge >= 0.3 is 5.97 Å². The number of carbonyl (C=O) groups excluding carboxylic acids is 1. The topological polar surface area (TPSA) is 86.3 Å². The Bertz CT molecular complexity index is 962. The molecule has 2 N–H and O–H groups in total. The van der Waals surface area contributed by atoms with Crippen LogP contribution in [0.4, 0.5) is 0 Å². The normalized spacial score (nSPS) is 17.5. The van der Waals surface area contributed by atoms with E-state index in [9.17, 15) is 9.59 Å². The number of pyridine rings is 1. The van der Waals surface area contributed by atoms with Crippen LogP contribution in [0, 0.1) is 0 Å². The number of nitrogens with zero attached hydrogens (tertiary/aromatic N) is 2. The van der Waals surface area contributed by atoms with Gasteiger partial charge in [-0.25, -0.2) is 9.78 Å². The second-order valence-corrected chi connectivity index (χ2v) is 7.60. The molecule has 1 fully saturated rings. The summed E-state index contributed by atoms with van der Waals surface area (Å²) in [5, 5.41) is 11.7. The number of carboxylic acid groups (broad SMARTS) is 1. The first-order valence-corrected chi connectivity index (χ1v) is 9.50. The molecule has 1 amide bonds. The first kappa shape index (κ1) is 16.8. The summed E-state index contributed by atoms with van der Waals surface area (Å²) in [4.78, 5) is 33.9. The number of aromatic carboxylic acids is 1. The Kier molecular flexibility index (Phi) is 4.46. The van der Waals surface area contributed by atoms with E-state index in [2.05, 4.69) is 16.0 Å². The number of aromatic amines is 1.